The highest BCUT2D eigenvalue weighted by molar-refractivity contribution is 5.84. The molecule has 24 heavy (non-hydrogen) atoms. The molecule has 1 N–H and O–H groups in total. The number of likely N-dealkylation sites (N-methyl/N-ethyl adjacent to an activating group) is 1. The van der Waals surface area contributed by atoms with Gasteiger partial charge >= 0.3 is 0 Å². The van der Waals surface area contributed by atoms with Gasteiger partial charge in [-0.15, -0.1) is 0 Å². The van der Waals surface area contributed by atoms with Gasteiger partial charge in [0.05, 0.1) is 19.7 Å². The van der Waals surface area contributed by atoms with Gasteiger partial charge in [0.2, 0.25) is 11.8 Å². The Kier molecular flexibility index (Phi) is 5.49. The normalized spacial score (nSPS) is 19.7. The third-order valence-corrected chi connectivity index (χ3v) is 4.81. The highest BCUT2D eigenvalue weighted by Gasteiger charge is 2.42. The fraction of sp³-hybridized carbons (Fsp3) is 0.556. The van der Waals surface area contributed by atoms with E-state index in [0.29, 0.717) is 6.54 Å². The van der Waals surface area contributed by atoms with Gasteiger partial charge < -0.3 is 19.6 Å². The van der Waals surface area contributed by atoms with Crippen molar-refractivity contribution in [2.24, 2.45) is 0 Å². The summed E-state index contributed by atoms with van der Waals surface area (Å²) in [6.07, 6.45) is 1.57. The molecule has 0 unspecified atom stereocenters. The number of carbonyl (C=O) groups excluding carboxylic acids is 2. The minimum Gasteiger partial charge on any atom is -0.497 e. The van der Waals surface area contributed by atoms with Gasteiger partial charge in [-0.25, -0.2) is 0 Å². The summed E-state index contributed by atoms with van der Waals surface area (Å²) >= 11 is 0. The first-order valence-corrected chi connectivity index (χ1v) is 8.15. The second kappa shape index (κ2) is 7.21. The Hall–Kier alpha value is -2.08. The zero-order valence-electron chi connectivity index (χ0n) is 14.8. The van der Waals surface area contributed by atoms with E-state index in [2.05, 4.69) is 0 Å². The second-order valence-electron chi connectivity index (χ2n) is 6.50. The molecule has 0 aromatic heterocycles. The third-order valence-electron chi connectivity index (χ3n) is 4.81. The SMILES string of the molecule is COc1ccc([C@@](C)(O)[C@@H]2CCCN2C(=O)CN(C)C(C)=O)cc1. The van der Waals surface area contributed by atoms with Gasteiger partial charge in [0, 0.05) is 20.5 Å². The molecular formula is C18H26N2O4. The molecule has 6 nitrogen and oxygen atoms in total. The summed E-state index contributed by atoms with van der Waals surface area (Å²) in [5.41, 5.74) is -0.416. The van der Waals surface area contributed by atoms with E-state index in [1.165, 1.54) is 11.8 Å². The fourth-order valence-electron chi connectivity index (χ4n) is 3.18. The number of nitrogens with zero attached hydrogens (tertiary/aromatic N) is 2. The van der Waals surface area contributed by atoms with Crippen molar-refractivity contribution in [1.82, 2.24) is 9.80 Å². The fourth-order valence-corrected chi connectivity index (χ4v) is 3.18. The Morgan fingerprint density at radius 2 is 2.00 bits per heavy atom. The predicted molar refractivity (Wildman–Crippen MR) is 90.6 cm³/mol. The maximum absolute atomic E-state index is 12.5. The highest BCUT2D eigenvalue weighted by atomic mass is 16.5. The number of hydrogen-bond donors (Lipinski definition) is 1. The number of rotatable bonds is 5. The van der Waals surface area contributed by atoms with Gasteiger partial charge in [0.25, 0.3) is 0 Å². The number of amides is 2. The number of hydrogen-bond acceptors (Lipinski definition) is 4. The standard InChI is InChI=1S/C18H26N2O4/c1-13(21)19(3)12-17(22)20-11-5-6-16(20)18(2,23)14-7-9-15(24-4)10-8-14/h7-10,16,23H,5-6,11-12H2,1-4H3/t16-,18+/m0/s1. The molecule has 1 aromatic carbocycles. The van der Waals surface area contributed by atoms with E-state index < -0.39 is 5.60 Å². The average molecular weight is 334 g/mol. The van der Waals surface area contributed by atoms with Gasteiger partial charge in [0.15, 0.2) is 0 Å². The summed E-state index contributed by atoms with van der Waals surface area (Å²) in [4.78, 5) is 27.0. The summed E-state index contributed by atoms with van der Waals surface area (Å²) in [7, 11) is 3.20. The maximum atomic E-state index is 12.5. The number of carbonyl (C=O) groups is 2. The van der Waals surface area contributed by atoms with Crippen LogP contribution in [0.5, 0.6) is 5.75 Å². The molecule has 1 aliphatic heterocycles. The lowest BCUT2D eigenvalue weighted by Crippen LogP contribution is -2.50. The number of ether oxygens (including phenoxy) is 1. The number of likely N-dealkylation sites (tertiary alicyclic amines) is 1. The van der Waals surface area contributed by atoms with Crippen molar-refractivity contribution < 1.29 is 19.4 Å². The minimum absolute atomic E-state index is 0.0323. The molecule has 1 heterocycles. The molecule has 1 fully saturated rings. The zero-order valence-corrected chi connectivity index (χ0v) is 14.8. The molecule has 2 rings (SSSR count). The summed E-state index contributed by atoms with van der Waals surface area (Å²) < 4.78 is 5.15. The average Bonchev–Trinajstić information content (AvgIpc) is 3.05. The van der Waals surface area contributed by atoms with Crippen molar-refractivity contribution >= 4 is 11.8 Å². The van der Waals surface area contributed by atoms with Crippen LogP contribution in [0.4, 0.5) is 0 Å². The quantitative estimate of drug-likeness (QED) is 0.883. The lowest BCUT2D eigenvalue weighted by atomic mass is 9.86. The van der Waals surface area contributed by atoms with E-state index in [0.717, 1.165) is 24.2 Å². The lowest BCUT2D eigenvalue weighted by Gasteiger charge is -2.37. The van der Waals surface area contributed by atoms with Crippen LogP contribution in [0.25, 0.3) is 0 Å². The first-order valence-electron chi connectivity index (χ1n) is 8.15. The van der Waals surface area contributed by atoms with E-state index >= 15 is 0 Å². The van der Waals surface area contributed by atoms with Crippen molar-refractivity contribution in [3.63, 3.8) is 0 Å². The van der Waals surface area contributed by atoms with Crippen LogP contribution in [-0.2, 0) is 15.2 Å². The molecule has 1 aliphatic rings. The van der Waals surface area contributed by atoms with Crippen LogP contribution in [-0.4, -0.2) is 60.0 Å². The number of benzene rings is 1. The van der Waals surface area contributed by atoms with Crippen LogP contribution >= 0.6 is 0 Å². The van der Waals surface area contributed by atoms with E-state index in [-0.39, 0.29) is 24.4 Å². The summed E-state index contributed by atoms with van der Waals surface area (Å²) in [6.45, 7) is 3.80. The monoisotopic (exact) mass is 334 g/mol. The lowest BCUT2D eigenvalue weighted by molar-refractivity contribution is -0.142. The summed E-state index contributed by atoms with van der Waals surface area (Å²) in [6, 6.07) is 6.94. The van der Waals surface area contributed by atoms with Crippen LogP contribution in [0.1, 0.15) is 32.3 Å². The summed E-state index contributed by atoms with van der Waals surface area (Å²) in [5, 5.41) is 11.1. The largest absolute Gasteiger partial charge is 0.497 e. The smallest absolute Gasteiger partial charge is 0.242 e. The summed E-state index contributed by atoms with van der Waals surface area (Å²) in [5.74, 6) is 0.432. The predicted octanol–water partition coefficient (Wildman–Crippen LogP) is 1.37. The van der Waals surface area contributed by atoms with Gasteiger partial charge in [-0.1, -0.05) is 12.1 Å². The molecule has 0 bridgehead atoms. The third kappa shape index (κ3) is 3.70. The molecule has 1 saturated heterocycles. The van der Waals surface area contributed by atoms with Crippen LogP contribution in [0.15, 0.2) is 24.3 Å². The van der Waals surface area contributed by atoms with Crippen LogP contribution in [0, 0.1) is 0 Å². The molecule has 132 valence electrons. The Bertz CT molecular complexity index is 598. The molecular weight excluding hydrogens is 308 g/mol. The molecule has 2 atom stereocenters. The van der Waals surface area contributed by atoms with Crippen molar-refractivity contribution in [2.45, 2.75) is 38.3 Å². The molecule has 2 amide bonds. The van der Waals surface area contributed by atoms with Crippen LogP contribution in [0.3, 0.4) is 0 Å². The molecule has 0 saturated carbocycles. The van der Waals surface area contributed by atoms with Gasteiger partial charge in [-0.2, -0.15) is 0 Å². The Morgan fingerprint density at radius 3 is 2.54 bits per heavy atom. The van der Waals surface area contributed by atoms with Crippen LogP contribution < -0.4 is 4.74 Å². The minimum atomic E-state index is -1.16. The van der Waals surface area contributed by atoms with E-state index in [1.54, 1.807) is 38.1 Å². The first-order chi connectivity index (χ1) is 11.3. The second-order valence-corrected chi connectivity index (χ2v) is 6.50. The highest BCUT2D eigenvalue weighted by Crippen LogP contribution is 2.35. The van der Waals surface area contributed by atoms with Gasteiger partial charge in [-0.3, -0.25) is 9.59 Å². The number of methoxy groups -OCH3 is 1. The molecule has 0 radical (unpaired) electrons. The van der Waals surface area contributed by atoms with Gasteiger partial charge in [0.1, 0.15) is 11.4 Å². The van der Waals surface area contributed by atoms with Crippen molar-refractivity contribution in [3.05, 3.63) is 29.8 Å². The first kappa shape index (κ1) is 18.3. The van der Waals surface area contributed by atoms with Crippen LogP contribution in [0.2, 0.25) is 0 Å². The maximum Gasteiger partial charge on any atom is 0.242 e. The molecule has 1 aromatic rings. The van der Waals surface area contributed by atoms with E-state index in [1.807, 2.05) is 12.1 Å². The molecule has 6 heteroatoms. The van der Waals surface area contributed by atoms with Gasteiger partial charge in [-0.05, 0) is 37.5 Å². The van der Waals surface area contributed by atoms with Crippen molar-refractivity contribution in [2.75, 3.05) is 27.2 Å². The van der Waals surface area contributed by atoms with E-state index in [9.17, 15) is 14.7 Å². The Morgan fingerprint density at radius 1 is 1.38 bits per heavy atom. The molecule has 0 spiro atoms. The Labute approximate surface area is 143 Å². The molecule has 0 aliphatic carbocycles. The van der Waals surface area contributed by atoms with E-state index in [4.69, 9.17) is 4.74 Å². The zero-order chi connectivity index (χ0) is 17.9. The number of aliphatic hydroxyl groups is 1. The van der Waals surface area contributed by atoms with Crippen molar-refractivity contribution in [3.8, 4) is 5.75 Å². The Balaban J connectivity index is 2.18. The van der Waals surface area contributed by atoms with Crippen molar-refractivity contribution in [1.29, 1.82) is 0 Å². The topological polar surface area (TPSA) is 70.1 Å².